The lowest BCUT2D eigenvalue weighted by atomic mass is 10.0. The van der Waals surface area contributed by atoms with Crippen molar-refractivity contribution in [2.24, 2.45) is 0 Å². The van der Waals surface area contributed by atoms with Crippen LogP contribution in [0.1, 0.15) is 35.3 Å². The number of nitrogens with zero attached hydrogens (tertiary/aromatic N) is 5. The molecule has 1 aromatic heterocycles. The van der Waals surface area contributed by atoms with Gasteiger partial charge >= 0.3 is 5.69 Å². The molecule has 1 atom stereocenters. The average Bonchev–Trinajstić information content (AvgIpc) is 3.36. The molecule has 1 fully saturated rings. The fourth-order valence-electron chi connectivity index (χ4n) is 4.96. The Hall–Kier alpha value is -3.59. The van der Waals surface area contributed by atoms with Gasteiger partial charge in [-0.2, -0.15) is 5.10 Å². The van der Waals surface area contributed by atoms with E-state index < -0.39 is 6.04 Å². The van der Waals surface area contributed by atoms with Crippen molar-refractivity contribution >= 4 is 52.2 Å². The minimum atomic E-state index is -0.723. The minimum absolute atomic E-state index is 0.0283. The van der Waals surface area contributed by atoms with E-state index in [1.54, 1.807) is 42.5 Å². The summed E-state index contributed by atoms with van der Waals surface area (Å²) in [5.74, 6) is -0.165. The van der Waals surface area contributed by atoms with Crippen LogP contribution in [0.4, 0.5) is 5.69 Å². The van der Waals surface area contributed by atoms with E-state index in [-0.39, 0.29) is 23.8 Å². The quantitative estimate of drug-likeness (QED) is 0.238. The van der Waals surface area contributed by atoms with Crippen LogP contribution in [0.25, 0.3) is 5.69 Å². The number of carbonyl (C=O) groups excluding carboxylic acids is 2. The summed E-state index contributed by atoms with van der Waals surface area (Å²) in [6, 6.07) is 18.6. The first-order valence-corrected chi connectivity index (χ1v) is 14.4. The van der Waals surface area contributed by atoms with Gasteiger partial charge in [0.05, 0.1) is 12.1 Å². The smallest absolute Gasteiger partial charge is 0.351 e. The van der Waals surface area contributed by atoms with Crippen molar-refractivity contribution in [3.05, 3.63) is 110 Å². The molecule has 5 rings (SSSR count). The number of benzene rings is 3. The van der Waals surface area contributed by atoms with Crippen LogP contribution in [0, 0.1) is 0 Å². The summed E-state index contributed by atoms with van der Waals surface area (Å²) < 4.78 is 2.67. The Bertz CT molecular complexity index is 1610. The van der Waals surface area contributed by atoms with Gasteiger partial charge in [-0.05, 0) is 72.6 Å². The summed E-state index contributed by atoms with van der Waals surface area (Å²) >= 11 is 18.2. The molecule has 2 heterocycles. The lowest BCUT2D eigenvalue weighted by molar-refractivity contribution is -0.130. The van der Waals surface area contributed by atoms with Crippen molar-refractivity contribution in [3.63, 3.8) is 0 Å². The normalized spacial score (nSPS) is 14.2. The maximum Gasteiger partial charge on any atom is 0.351 e. The second-order valence-corrected chi connectivity index (χ2v) is 11.1. The highest BCUT2D eigenvalue weighted by Gasteiger charge is 2.25. The number of Topliss-reactive ketones (excluding diaryl/α,β-unsaturated/α-hetero) is 1. The standard InChI is InChI=1S/C30H28Cl3N5O3/c1-2-27(29(40)20-3-6-22(31)7-4-20)38-30(41)37(19-34-38)25-11-9-24(10-12-25)35-13-15-36(16-14-35)28(39)17-21-5-8-23(32)18-26(21)33/h3-12,18-19,27H,2,13-17H2,1H3. The van der Waals surface area contributed by atoms with Crippen LogP contribution in [0.2, 0.25) is 15.1 Å². The molecule has 8 nitrogen and oxygen atoms in total. The summed E-state index contributed by atoms with van der Waals surface area (Å²) in [4.78, 5) is 43.2. The highest BCUT2D eigenvalue weighted by molar-refractivity contribution is 6.35. The van der Waals surface area contributed by atoms with Crippen molar-refractivity contribution < 1.29 is 9.59 Å². The summed E-state index contributed by atoms with van der Waals surface area (Å²) in [6.45, 7) is 4.40. The first-order valence-electron chi connectivity index (χ1n) is 13.3. The van der Waals surface area contributed by atoms with Gasteiger partial charge in [-0.1, -0.05) is 47.8 Å². The molecule has 0 N–H and O–H groups in total. The van der Waals surface area contributed by atoms with Crippen molar-refractivity contribution in [3.8, 4) is 5.69 Å². The first-order chi connectivity index (χ1) is 19.7. The molecule has 3 aromatic carbocycles. The first kappa shape index (κ1) is 28.9. The van der Waals surface area contributed by atoms with Crippen molar-refractivity contribution in [1.29, 1.82) is 0 Å². The zero-order valence-electron chi connectivity index (χ0n) is 22.3. The molecule has 1 amide bonds. The summed E-state index contributed by atoms with van der Waals surface area (Å²) in [5, 5.41) is 5.83. The predicted molar refractivity (Wildman–Crippen MR) is 162 cm³/mol. The molecule has 1 saturated heterocycles. The van der Waals surface area contributed by atoms with Gasteiger partial charge in [-0.3, -0.25) is 9.59 Å². The predicted octanol–water partition coefficient (Wildman–Crippen LogP) is 5.72. The Morgan fingerprint density at radius 3 is 2.12 bits per heavy atom. The van der Waals surface area contributed by atoms with Gasteiger partial charge in [-0.25, -0.2) is 14.0 Å². The van der Waals surface area contributed by atoms with E-state index in [2.05, 4.69) is 10.00 Å². The fourth-order valence-corrected chi connectivity index (χ4v) is 5.56. The maximum atomic E-state index is 13.2. The van der Waals surface area contributed by atoms with E-state index in [9.17, 15) is 14.4 Å². The molecule has 1 aliphatic rings. The largest absolute Gasteiger partial charge is 0.368 e. The second kappa shape index (κ2) is 12.5. The van der Waals surface area contributed by atoms with Crippen LogP contribution in [-0.4, -0.2) is 57.1 Å². The van der Waals surface area contributed by atoms with Crippen LogP contribution < -0.4 is 10.6 Å². The Morgan fingerprint density at radius 2 is 1.49 bits per heavy atom. The summed E-state index contributed by atoms with van der Waals surface area (Å²) in [6.07, 6.45) is 2.09. The molecule has 0 saturated carbocycles. The topological polar surface area (TPSA) is 80.4 Å². The van der Waals surface area contributed by atoms with Crippen LogP contribution in [0.5, 0.6) is 0 Å². The zero-order valence-corrected chi connectivity index (χ0v) is 24.6. The van der Waals surface area contributed by atoms with Gasteiger partial charge in [-0.15, -0.1) is 0 Å². The van der Waals surface area contributed by atoms with E-state index in [1.807, 2.05) is 36.1 Å². The molecule has 4 aromatic rings. The van der Waals surface area contributed by atoms with Crippen LogP contribution in [0.3, 0.4) is 0 Å². The molecule has 0 aliphatic carbocycles. The molecule has 1 aliphatic heterocycles. The van der Waals surface area contributed by atoms with Gasteiger partial charge in [0.2, 0.25) is 5.91 Å². The Labute approximate surface area is 252 Å². The lowest BCUT2D eigenvalue weighted by Gasteiger charge is -2.36. The van der Waals surface area contributed by atoms with Gasteiger partial charge in [0.25, 0.3) is 0 Å². The minimum Gasteiger partial charge on any atom is -0.368 e. The van der Waals surface area contributed by atoms with Crippen molar-refractivity contribution in [1.82, 2.24) is 19.2 Å². The number of amides is 1. The number of aromatic nitrogens is 3. The van der Waals surface area contributed by atoms with Gasteiger partial charge in [0, 0.05) is 52.5 Å². The molecular formula is C30H28Cl3N5O3. The van der Waals surface area contributed by atoms with E-state index in [1.165, 1.54) is 15.6 Å². The van der Waals surface area contributed by atoms with E-state index in [0.29, 0.717) is 58.9 Å². The van der Waals surface area contributed by atoms with Crippen molar-refractivity contribution in [2.45, 2.75) is 25.8 Å². The number of rotatable bonds is 8. The number of hydrogen-bond acceptors (Lipinski definition) is 5. The number of carbonyl (C=O) groups is 2. The highest BCUT2D eigenvalue weighted by atomic mass is 35.5. The number of ketones is 1. The molecular weight excluding hydrogens is 585 g/mol. The summed E-state index contributed by atoms with van der Waals surface area (Å²) in [5.41, 5.74) is 2.48. The SMILES string of the molecule is CCC(C(=O)c1ccc(Cl)cc1)n1ncn(-c2ccc(N3CCN(C(=O)Cc4ccc(Cl)cc4Cl)CC3)cc2)c1=O. The molecule has 0 radical (unpaired) electrons. The lowest BCUT2D eigenvalue weighted by Crippen LogP contribution is -2.49. The zero-order chi connectivity index (χ0) is 29.1. The average molecular weight is 613 g/mol. The molecule has 11 heteroatoms. The number of anilines is 1. The number of halogens is 3. The van der Waals surface area contributed by atoms with Gasteiger partial charge in [0.1, 0.15) is 12.4 Å². The third-order valence-electron chi connectivity index (χ3n) is 7.29. The van der Waals surface area contributed by atoms with Gasteiger partial charge in [0.15, 0.2) is 5.78 Å². The van der Waals surface area contributed by atoms with Crippen LogP contribution in [-0.2, 0) is 11.2 Å². The van der Waals surface area contributed by atoms with E-state index >= 15 is 0 Å². The monoisotopic (exact) mass is 611 g/mol. The Balaban J connectivity index is 1.23. The fraction of sp³-hybridized carbons (Fsp3) is 0.267. The van der Waals surface area contributed by atoms with E-state index in [4.69, 9.17) is 34.8 Å². The number of hydrogen-bond donors (Lipinski definition) is 0. The maximum absolute atomic E-state index is 13.2. The third-order valence-corrected chi connectivity index (χ3v) is 8.13. The molecule has 41 heavy (non-hydrogen) atoms. The van der Waals surface area contributed by atoms with Gasteiger partial charge < -0.3 is 9.80 Å². The number of piperazine rings is 1. The highest BCUT2D eigenvalue weighted by Crippen LogP contribution is 2.24. The van der Waals surface area contributed by atoms with Crippen LogP contribution >= 0.6 is 34.8 Å². The molecule has 0 spiro atoms. The molecule has 0 bridgehead atoms. The Kier molecular flexibility index (Phi) is 8.82. The summed E-state index contributed by atoms with van der Waals surface area (Å²) in [7, 11) is 0. The van der Waals surface area contributed by atoms with Crippen molar-refractivity contribution in [2.75, 3.05) is 31.1 Å². The third kappa shape index (κ3) is 6.35. The second-order valence-electron chi connectivity index (χ2n) is 9.82. The molecule has 1 unspecified atom stereocenters. The molecule has 212 valence electrons. The van der Waals surface area contributed by atoms with E-state index in [0.717, 1.165) is 11.3 Å². The Morgan fingerprint density at radius 1 is 0.854 bits per heavy atom. The van der Waals surface area contributed by atoms with Crippen LogP contribution in [0.15, 0.2) is 77.9 Å².